The van der Waals surface area contributed by atoms with Crippen molar-refractivity contribution in [1.82, 2.24) is 19.9 Å². The highest BCUT2D eigenvalue weighted by atomic mass is 16.6. The molecule has 1 spiro atoms. The Hall–Kier alpha value is -3.62. The van der Waals surface area contributed by atoms with E-state index in [1.54, 1.807) is 6.33 Å². The third-order valence-corrected chi connectivity index (χ3v) is 6.54. The van der Waals surface area contributed by atoms with E-state index in [1.807, 2.05) is 62.1 Å². The molecule has 0 atom stereocenters. The van der Waals surface area contributed by atoms with E-state index in [-0.39, 0.29) is 17.0 Å². The van der Waals surface area contributed by atoms with Gasteiger partial charge in [0.2, 0.25) is 0 Å². The lowest BCUT2D eigenvalue weighted by atomic mass is 9.78. The number of benzene rings is 1. The number of fused-ring (bicyclic) bond motifs is 1. The van der Waals surface area contributed by atoms with Gasteiger partial charge < -0.3 is 19.7 Å². The van der Waals surface area contributed by atoms with Gasteiger partial charge in [-0.25, -0.2) is 19.7 Å². The van der Waals surface area contributed by atoms with Crippen molar-refractivity contribution in [1.29, 1.82) is 0 Å². The maximum atomic E-state index is 12.6. The molecule has 9 nitrogen and oxygen atoms in total. The Kier molecular flexibility index (Phi) is 6.12. The second kappa shape index (κ2) is 9.04. The van der Waals surface area contributed by atoms with Crippen molar-refractivity contribution in [2.75, 3.05) is 36.5 Å². The van der Waals surface area contributed by atoms with Gasteiger partial charge in [0.1, 0.15) is 29.0 Å². The molecule has 37 heavy (non-hydrogen) atoms. The molecule has 2 aliphatic heterocycles. The van der Waals surface area contributed by atoms with Crippen LogP contribution in [0.25, 0.3) is 11.0 Å². The Bertz CT molecular complexity index is 1290. The minimum Gasteiger partial charge on any atom is -0.493 e. The lowest BCUT2D eigenvalue weighted by molar-refractivity contribution is -0.0562. The number of carbonyl (C=O) groups is 1. The Morgan fingerprint density at radius 3 is 2.38 bits per heavy atom. The average Bonchev–Trinajstić information content (AvgIpc) is 2.75. The molecule has 2 saturated heterocycles. The molecule has 1 aromatic carbocycles. The molecule has 2 aliphatic rings. The molecule has 0 unspecified atom stereocenters. The van der Waals surface area contributed by atoms with Crippen LogP contribution >= 0.6 is 0 Å². The van der Waals surface area contributed by atoms with Gasteiger partial charge in [-0.05, 0) is 69.0 Å². The van der Waals surface area contributed by atoms with Crippen molar-refractivity contribution in [2.45, 2.75) is 59.1 Å². The minimum absolute atomic E-state index is 0.100. The number of likely N-dealkylation sites (tertiary alicyclic amines) is 1. The molecule has 0 saturated carbocycles. The van der Waals surface area contributed by atoms with Crippen LogP contribution in [0.15, 0.2) is 42.7 Å². The van der Waals surface area contributed by atoms with E-state index in [0.717, 1.165) is 48.8 Å². The number of ether oxygens (including phenoxy) is 2. The lowest BCUT2D eigenvalue weighted by Crippen LogP contribution is -2.78. The Balaban J connectivity index is 1.28. The molecule has 2 aromatic heterocycles. The molecule has 196 valence electrons. The van der Waals surface area contributed by atoms with Gasteiger partial charge in [0.25, 0.3) is 0 Å². The van der Waals surface area contributed by atoms with Crippen LogP contribution in [0.5, 0.6) is 5.75 Å². The van der Waals surface area contributed by atoms with Crippen molar-refractivity contribution in [3.05, 3.63) is 42.7 Å². The largest absolute Gasteiger partial charge is 0.493 e. The summed E-state index contributed by atoms with van der Waals surface area (Å²) in [5.41, 5.74) is 1.79. The fourth-order valence-corrected chi connectivity index (χ4v) is 4.57. The third kappa shape index (κ3) is 5.40. The molecule has 0 aliphatic carbocycles. The predicted molar refractivity (Wildman–Crippen MR) is 145 cm³/mol. The number of amides is 1. The zero-order valence-corrected chi connectivity index (χ0v) is 22.5. The first-order chi connectivity index (χ1) is 17.4. The number of aromatic nitrogens is 3. The molecule has 4 heterocycles. The minimum atomic E-state index is -0.500. The van der Waals surface area contributed by atoms with E-state index in [0.29, 0.717) is 17.9 Å². The highest BCUT2D eigenvalue weighted by Gasteiger charge is 2.56. The Morgan fingerprint density at radius 2 is 1.76 bits per heavy atom. The number of rotatable bonds is 5. The number of hydrogen-bond acceptors (Lipinski definition) is 8. The fourth-order valence-electron chi connectivity index (χ4n) is 4.57. The molecule has 2 fully saturated rings. The smallest absolute Gasteiger partial charge is 0.410 e. The standard InChI is InChI=1S/C28H36N6O3/c1-26(2,3)17-36-20-9-7-19(8-10-20)31-24-23-21(29-18-30-24)11-12-22(32-23)33-15-28(16-33)13-14-34(28)25(35)37-27(4,5)6/h7-12,18H,13-17H2,1-6H3,(H,29,30,31). The van der Waals surface area contributed by atoms with Crippen molar-refractivity contribution in [2.24, 2.45) is 5.41 Å². The van der Waals surface area contributed by atoms with E-state index in [2.05, 4.69) is 41.0 Å². The first kappa shape index (κ1) is 25.0. The topological polar surface area (TPSA) is 92.7 Å². The highest BCUT2D eigenvalue weighted by molar-refractivity contribution is 5.88. The van der Waals surface area contributed by atoms with Crippen molar-refractivity contribution >= 4 is 34.4 Å². The zero-order valence-electron chi connectivity index (χ0n) is 22.5. The molecular weight excluding hydrogens is 468 g/mol. The summed E-state index contributed by atoms with van der Waals surface area (Å²) in [5, 5.41) is 3.37. The summed E-state index contributed by atoms with van der Waals surface area (Å²) in [6.07, 6.45) is 2.28. The van der Waals surface area contributed by atoms with Crippen molar-refractivity contribution in [3.63, 3.8) is 0 Å². The lowest BCUT2D eigenvalue weighted by Gasteiger charge is -2.62. The molecule has 3 aromatic rings. The van der Waals surface area contributed by atoms with Crippen LogP contribution in [0.2, 0.25) is 0 Å². The van der Waals surface area contributed by atoms with Gasteiger partial charge in [-0.2, -0.15) is 0 Å². The first-order valence-electron chi connectivity index (χ1n) is 12.8. The van der Waals surface area contributed by atoms with E-state index in [4.69, 9.17) is 14.5 Å². The summed E-state index contributed by atoms with van der Waals surface area (Å²) in [4.78, 5) is 30.4. The van der Waals surface area contributed by atoms with Gasteiger partial charge in [-0.3, -0.25) is 4.90 Å². The molecule has 1 amide bonds. The molecule has 0 radical (unpaired) electrons. The Labute approximate surface area is 218 Å². The Morgan fingerprint density at radius 1 is 1.03 bits per heavy atom. The SMILES string of the molecule is CC(C)(C)COc1ccc(Nc2ncnc3ccc(N4CC5(CCN5C(=O)OC(C)(C)C)C4)nc23)cc1. The number of nitrogens with one attached hydrogen (secondary N) is 1. The highest BCUT2D eigenvalue weighted by Crippen LogP contribution is 2.42. The average molecular weight is 505 g/mol. The second-order valence-electron chi connectivity index (χ2n) is 12.2. The third-order valence-electron chi connectivity index (χ3n) is 6.54. The van der Waals surface area contributed by atoms with Gasteiger partial charge in [0, 0.05) is 25.3 Å². The number of hydrogen-bond donors (Lipinski definition) is 1. The summed E-state index contributed by atoms with van der Waals surface area (Å²) in [5.74, 6) is 2.32. The molecule has 9 heteroatoms. The van der Waals surface area contributed by atoms with Crippen LogP contribution < -0.4 is 15.0 Å². The summed E-state index contributed by atoms with van der Waals surface area (Å²) < 4.78 is 11.5. The number of nitrogens with zero attached hydrogens (tertiary/aromatic N) is 5. The van der Waals surface area contributed by atoms with Crippen molar-refractivity contribution in [3.8, 4) is 5.75 Å². The number of anilines is 3. The van der Waals surface area contributed by atoms with Gasteiger partial charge in [0.15, 0.2) is 5.82 Å². The number of pyridine rings is 1. The quantitative estimate of drug-likeness (QED) is 0.494. The monoisotopic (exact) mass is 504 g/mol. The van der Waals surface area contributed by atoms with Crippen LogP contribution in [0, 0.1) is 5.41 Å². The fraction of sp³-hybridized carbons (Fsp3) is 0.500. The zero-order chi connectivity index (χ0) is 26.4. The maximum absolute atomic E-state index is 12.6. The van der Waals surface area contributed by atoms with E-state index >= 15 is 0 Å². The van der Waals surface area contributed by atoms with Crippen LogP contribution in [-0.2, 0) is 4.74 Å². The van der Waals surface area contributed by atoms with Crippen LogP contribution in [0.3, 0.4) is 0 Å². The molecular formula is C28H36N6O3. The molecule has 0 bridgehead atoms. The maximum Gasteiger partial charge on any atom is 0.410 e. The van der Waals surface area contributed by atoms with Crippen molar-refractivity contribution < 1.29 is 14.3 Å². The summed E-state index contributed by atoms with van der Waals surface area (Å²) >= 11 is 0. The van der Waals surface area contributed by atoms with E-state index < -0.39 is 5.60 Å². The van der Waals surface area contributed by atoms with E-state index in [9.17, 15) is 4.79 Å². The van der Waals surface area contributed by atoms with Gasteiger partial charge >= 0.3 is 6.09 Å². The van der Waals surface area contributed by atoms with Crippen LogP contribution in [0.1, 0.15) is 48.0 Å². The van der Waals surface area contributed by atoms with Crippen LogP contribution in [0.4, 0.5) is 22.1 Å². The van der Waals surface area contributed by atoms with Gasteiger partial charge in [0.05, 0.1) is 17.7 Å². The van der Waals surface area contributed by atoms with Gasteiger partial charge in [-0.15, -0.1) is 0 Å². The number of carbonyl (C=O) groups excluding carboxylic acids is 1. The summed E-state index contributed by atoms with van der Waals surface area (Å²) in [6.45, 7) is 15.0. The summed E-state index contributed by atoms with van der Waals surface area (Å²) in [7, 11) is 0. The second-order valence-corrected chi connectivity index (χ2v) is 12.2. The van der Waals surface area contributed by atoms with Gasteiger partial charge in [-0.1, -0.05) is 20.8 Å². The molecule has 1 N–H and O–H groups in total. The first-order valence-corrected chi connectivity index (χ1v) is 12.8. The van der Waals surface area contributed by atoms with Crippen LogP contribution in [-0.4, -0.2) is 63.3 Å². The van der Waals surface area contributed by atoms with E-state index in [1.165, 1.54) is 0 Å². The normalized spacial score (nSPS) is 16.8. The summed E-state index contributed by atoms with van der Waals surface area (Å²) in [6, 6.07) is 11.8. The predicted octanol–water partition coefficient (Wildman–Crippen LogP) is 5.39. The molecule has 5 rings (SSSR count).